The first-order valence-corrected chi connectivity index (χ1v) is 8.39. The molecule has 2 N–H and O–H groups in total. The number of rotatable bonds is 6. The van der Waals surface area contributed by atoms with E-state index >= 15 is 0 Å². The van der Waals surface area contributed by atoms with Gasteiger partial charge in [0.25, 0.3) is 5.91 Å². The largest absolute Gasteiger partial charge is 0.479 e. The van der Waals surface area contributed by atoms with E-state index in [1.165, 1.54) is 13.3 Å². The van der Waals surface area contributed by atoms with Gasteiger partial charge in [-0.3, -0.25) is 14.8 Å². The van der Waals surface area contributed by atoms with Crippen molar-refractivity contribution in [3.8, 4) is 5.75 Å². The molecule has 9 nitrogen and oxygen atoms in total. The number of ether oxygens (including phenoxy) is 1. The highest BCUT2D eigenvalue weighted by atomic mass is 16.5. The summed E-state index contributed by atoms with van der Waals surface area (Å²) in [6, 6.07) is 7.42. The number of amides is 1. The molecule has 2 aromatic rings. The van der Waals surface area contributed by atoms with Crippen LogP contribution in [0.1, 0.15) is 23.1 Å². The Morgan fingerprint density at radius 3 is 2.65 bits per heavy atom. The summed E-state index contributed by atoms with van der Waals surface area (Å²) in [5.41, 5.74) is 0.926. The molecular formula is C17H21N5O4. The van der Waals surface area contributed by atoms with Crippen molar-refractivity contribution in [2.45, 2.75) is 19.6 Å². The van der Waals surface area contributed by atoms with Gasteiger partial charge in [0.2, 0.25) is 5.82 Å². The molecule has 2 heterocycles. The fourth-order valence-electron chi connectivity index (χ4n) is 2.80. The highest BCUT2D eigenvalue weighted by Gasteiger charge is 2.24. The molecule has 1 aliphatic rings. The lowest BCUT2D eigenvalue weighted by Crippen LogP contribution is -2.48. The summed E-state index contributed by atoms with van der Waals surface area (Å²) >= 11 is 0. The van der Waals surface area contributed by atoms with Gasteiger partial charge >= 0.3 is 5.97 Å². The van der Waals surface area contributed by atoms with Gasteiger partial charge in [0.1, 0.15) is 12.1 Å². The summed E-state index contributed by atoms with van der Waals surface area (Å²) < 4.78 is 5.55. The fourth-order valence-corrected chi connectivity index (χ4v) is 2.80. The molecule has 3 rings (SSSR count). The number of carboxylic acid groups (broad SMARTS) is 1. The van der Waals surface area contributed by atoms with Crippen molar-refractivity contribution in [2.75, 3.05) is 26.2 Å². The zero-order valence-electron chi connectivity index (χ0n) is 14.5. The Morgan fingerprint density at radius 1 is 1.27 bits per heavy atom. The molecule has 26 heavy (non-hydrogen) atoms. The van der Waals surface area contributed by atoms with E-state index in [0.717, 1.165) is 5.56 Å². The molecule has 0 radical (unpaired) electrons. The molecule has 1 aliphatic heterocycles. The molecule has 1 amide bonds. The third kappa shape index (κ3) is 4.17. The molecular weight excluding hydrogens is 338 g/mol. The Kier molecular flexibility index (Phi) is 5.47. The number of piperazine rings is 1. The van der Waals surface area contributed by atoms with E-state index in [-0.39, 0.29) is 11.7 Å². The summed E-state index contributed by atoms with van der Waals surface area (Å²) in [5, 5.41) is 15.3. The van der Waals surface area contributed by atoms with Crippen LogP contribution in [0.2, 0.25) is 0 Å². The number of carbonyl (C=O) groups excluding carboxylic acids is 1. The van der Waals surface area contributed by atoms with E-state index in [9.17, 15) is 9.59 Å². The number of aromatic nitrogens is 3. The van der Waals surface area contributed by atoms with Gasteiger partial charge in [0.05, 0.1) is 0 Å². The lowest BCUT2D eigenvalue weighted by molar-refractivity contribution is -0.144. The van der Waals surface area contributed by atoms with Crippen molar-refractivity contribution in [1.82, 2.24) is 25.0 Å². The molecule has 1 atom stereocenters. The molecule has 1 aromatic carbocycles. The second-order valence-corrected chi connectivity index (χ2v) is 6.11. The Morgan fingerprint density at radius 2 is 2.00 bits per heavy atom. The topological polar surface area (TPSA) is 112 Å². The Balaban J connectivity index is 1.58. The number of para-hydroxylation sites is 1. The van der Waals surface area contributed by atoms with Gasteiger partial charge in [-0.15, -0.1) is 0 Å². The first kappa shape index (κ1) is 17.9. The lowest BCUT2D eigenvalue weighted by atomic mass is 10.1. The molecule has 1 fully saturated rings. The molecule has 1 saturated heterocycles. The SMILES string of the molecule is C[C@H](Oc1ccccc1CN1CCN(C(=O)c2ncn[nH]2)CC1)C(=O)O. The van der Waals surface area contributed by atoms with Crippen molar-refractivity contribution in [3.05, 3.63) is 42.0 Å². The minimum Gasteiger partial charge on any atom is -0.479 e. The van der Waals surface area contributed by atoms with Crippen molar-refractivity contribution in [3.63, 3.8) is 0 Å². The van der Waals surface area contributed by atoms with Crippen molar-refractivity contribution in [1.29, 1.82) is 0 Å². The van der Waals surface area contributed by atoms with Crippen LogP contribution in [0.3, 0.4) is 0 Å². The Bertz CT molecular complexity index is 756. The van der Waals surface area contributed by atoms with E-state index in [0.29, 0.717) is 38.5 Å². The van der Waals surface area contributed by atoms with Crippen molar-refractivity contribution < 1.29 is 19.4 Å². The van der Waals surface area contributed by atoms with Gasteiger partial charge in [-0.05, 0) is 13.0 Å². The number of nitrogens with one attached hydrogen (secondary N) is 1. The third-order valence-corrected chi connectivity index (χ3v) is 4.30. The normalized spacial score (nSPS) is 16.3. The maximum atomic E-state index is 12.3. The minimum atomic E-state index is -1.00. The van der Waals surface area contributed by atoms with Crippen LogP contribution in [-0.2, 0) is 11.3 Å². The van der Waals surface area contributed by atoms with E-state index in [2.05, 4.69) is 20.1 Å². The molecule has 9 heteroatoms. The average Bonchev–Trinajstić information content (AvgIpc) is 3.18. The van der Waals surface area contributed by atoms with Crippen LogP contribution < -0.4 is 4.74 Å². The zero-order valence-corrected chi connectivity index (χ0v) is 14.5. The van der Waals surface area contributed by atoms with E-state index in [4.69, 9.17) is 9.84 Å². The maximum Gasteiger partial charge on any atom is 0.344 e. The summed E-state index contributed by atoms with van der Waals surface area (Å²) in [6.45, 7) is 4.74. The average molecular weight is 359 g/mol. The van der Waals surface area contributed by atoms with Gasteiger partial charge in [0.15, 0.2) is 6.10 Å². The van der Waals surface area contributed by atoms with E-state index in [1.54, 1.807) is 11.0 Å². The van der Waals surface area contributed by atoms with Gasteiger partial charge in [-0.2, -0.15) is 5.10 Å². The summed E-state index contributed by atoms with van der Waals surface area (Å²) in [5.74, 6) is -0.331. The minimum absolute atomic E-state index is 0.152. The number of nitrogens with zero attached hydrogens (tertiary/aromatic N) is 4. The standard InChI is InChI=1S/C17H21N5O4/c1-12(17(24)25)26-14-5-3-2-4-13(14)10-21-6-8-22(9-7-21)16(23)15-18-11-19-20-15/h2-5,11-12H,6-10H2,1H3,(H,24,25)(H,18,19,20)/t12-/m0/s1. The van der Waals surface area contributed by atoms with Crippen LogP contribution in [-0.4, -0.2) is 74.2 Å². The number of aromatic amines is 1. The van der Waals surface area contributed by atoms with Crippen LogP contribution in [0.5, 0.6) is 5.75 Å². The molecule has 0 unspecified atom stereocenters. The predicted octanol–water partition coefficient (Wildman–Crippen LogP) is 0.615. The molecule has 0 bridgehead atoms. The molecule has 0 aliphatic carbocycles. The van der Waals surface area contributed by atoms with Crippen LogP contribution >= 0.6 is 0 Å². The predicted molar refractivity (Wildman–Crippen MR) is 91.7 cm³/mol. The second-order valence-electron chi connectivity index (χ2n) is 6.11. The van der Waals surface area contributed by atoms with E-state index in [1.807, 2.05) is 18.2 Å². The first-order chi connectivity index (χ1) is 12.5. The number of aliphatic carboxylic acids is 1. The highest BCUT2D eigenvalue weighted by molar-refractivity contribution is 5.90. The summed E-state index contributed by atoms with van der Waals surface area (Å²) in [4.78, 5) is 31.1. The van der Waals surface area contributed by atoms with Crippen molar-refractivity contribution in [2.24, 2.45) is 0 Å². The van der Waals surface area contributed by atoms with Gasteiger partial charge in [-0.1, -0.05) is 18.2 Å². The van der Waals surface area contributed by atoms with E-state index < -0.39 is 12.1 Å². The monoisotopic (exact) mass is 359 g/mol. The van der Waals surface area contributed by atoms with Gasteiger partial charge < -0.3 is 14.7 Å². The van der Waals surface area contributed by atoms with Crippen molar-refractivity contribution >= 4 is 11.9 Å². The number of carboxylic acids is 1. The summed E-state index contributed by atoms with van der Waals surface area (Å²) in [7, 11) is 0. The van der Waals surface area contributed by atoms with Gasteiger partial charge in [-0.25, -0.2) is 9.78 Å². The number of H-pyrrole nitrogens is 1. The quantitative estimate of drug-likeness (QED) is 0.777. The molecule has 0 spiro atoms. The van der Waals surface area contributed by atoms with Crippen LogP contribution in [0.15, 0.2) is 30.6 Å². The Labute approximate surface area is 150 Å². The number of hydrogen-bond donors (Lipinski definition) is 2. The smallest absolute Gasteiger partial charge is 0.344 e. The zero-order chi connectivity index (χ0) is 18.5. The summed E-state index contributed by atoms with van der Waals surface area (Å²) in [6.07, 6.45) is 0.408. The first-order valence-electron chi connectivity index (χ1n) is 8.39. The lowest BCUT2D eigenvalue weighted by Gasteiger charge is -2.34. The second kappa shape index (κ2) is 7.96. The Hall–Kier alpha value is -2.94. The van der Waals surface area contributed by atoms with Crippen LogP contribution in [0, 0.1) is 0 Å². The molecule has 1 aromatic heterocycles. The van der Waals surface area contributed by atoms with Crippen LogP contribution in [0.25, 0.3) is 0 Å². The van der Waals surface area contributed by atoms with Gasteiger partial charge in [0, 0.05) is 38.3 Å². The number of benzene rings is 1. The molecule has 0 saturated carbocycles. The molecule has 138 valence electrons. The number of hydrogen-bond acceptors (Lipinski definition) is 6. The third-order valence-electron chi connectivity index (χ3n) is 4.30. The van der Waals surface area contributed by atoms with Crippen LogP contribution in [0.4, 0.5) is 0 Å². The number of carbonyl (C=O) groups is 2. The maximum absolute atomic E-state index is 12.3. The highest BCUT2D eigenvalue weighted by Crippen LogP contribution is 2.22. The fraction of sp³-hybridized carbons (Fsp3) is 0.412.